The second-order valence-corrected chi connectivity index (χ2v) is 5.82. The van der Waals surface area contributed by atoms with E-state index in [1.165, 1.54) is 4.90 Å². The van der Waals surface area contributed by atoms with Crippen molar-refractivity contribution >= 4 is 17.8 Å². The Bertz CT molecular complexity index is 395. The molecule has 23 heavy (non-hydrogen) atoms. The van der Waals surface area contributed by atoms with Gasteiger partial charge in [0.2, 0.25) is 5.91 Å². The van der Waals surface area contributed by atoms with Crippen molar-refractivity contribution in [3.05, 3.63) is 0 Å². The maximum absolute atomic E-state index is 12.5. The summed E-state index contributed by atoms with van der Waals surface area (Å²) in [6.07, 6.45) is 4.77. The Balaban J connectivity index is 4.92. The molecule has 0 aromatic heterocycles. The molecule has 0 heterocycles. The molecule has 0 aliphatic carbocycles. The minimum atomic E-state index is -0.973. The predicted molar refractivity (Wildman–Crippen MR) is 92.1 cm³/mol. The standard InChI is InChI=1S/C16H32N4O3/c1-4-6-7-10-14(21)20(12(3)5-2)13(15(22)23)9-8-11-19-16(17)18/h12-13H,4-11H2,1-3H3,(H,22,23)(H4,17,18,19)/t12?,13-/m0/s1. The van der Waals surface area contributed by atoms with E-state index in [1.807, 2.05) is 13.8 Å². The fourth-order valence-corrected chi connectivity index (χ4v) is 2.45. The molecule has 7 heteroatoms. The van der Waals surface area contributed by atoms with E-state index < -0.39 is 12.0 Å². The Kier molecular flexibility index (Phi) is 10.8. The van der Waals surface area contributed by atoms with Crippen LogP contribution in [0.1, 0.15) is 65.7 Å². The van der Waals surface area contributed by atoms with Crippen LogP contribution < -0.4 is 11.5 Å². The first-order valence-electron chi connectivity index (χ1n) is 8.44. The third-order valence-electron chi connectivity index (χ3n) is 3.90. The maximum Gasteiger partial charge on any atom is 0.326 e. The summed E-state index contributed by atoms with van der Waals surface area (Å²) >= 11 is 0. The van der Waals surface area contributed by atoms with Crippen LogP contribution in [0.2, 0.25) is 0 Å². The topological polar surface area (TPSA) is 122 Å². The number of carboxylic acid groups (broad SMARTS) is 1. The number of nitrogens with two attached hydrogens (primary N) is 2. The van der Waals surface area contributed by atoms with Gasteiger partial charge in [0.1, 0.15) is 6.04 Å². The van der Waals surface area contributed by atoms with Crippen LogP contribution in [0.15, 0.2) is 4.99 Å². The normalized spacial score (nSPS) is 13.2. The number of hydrogen-bond donors (Lipinski definition) is 3. The van der Waals surface area contributed by atoms with Crippen molar-refractivity contribution in [3.8, 4) is 0 Å². The molecule has 5 N–H and O–H groups in total. The first-order chi connectivity index (χ1) is 10.8. The highest BCUT2D eigenvalue weighted by atomic mass is 16.4. The molecule has 134 valence electrons. The van der Waals surface area contributed by atoms with Gasteiger partial charge in [-0.2, -0.15) is 0 Å². The number of unbranched alkanes of at least 4 members (excludes halogenated alkanes) is 2. The summed E-state index contributed by atoms with van der Waals surface area (Å²) in [6, 6.07) is -0.929. The molecule has 0 bridgehead atoms. The zero-order valence-corrected chi connectivity index (χ0v) is 14.6. The van der Waals surface area contributed by atoms with Gasteiger partial charge in [-0.3, -0.25) is 9.79 Å². The van der Waals surface area contributed by atoms with Crippen molar-refractivity contribution in [2.75, 3.05) is 6.54 Å². The first kappa shape index (κ1) is 21.2. The molecule has 0 aliphatic rings. The van der Waals surface area contributed by atoms with E-state index in [4.69, 9.17) is 11.5 Å². The Morgan fingerprint density at radius 2 is 1.83 bits per heavy atom. The van der Waals surface area contributed by atoms with Crippen LogP contribution in [-0.2, 0) is 9.59 Å². The molecule has 0 radical (unpaired) electrons. The summed E-state index contributed by atoms with van der Waals surface area (Å²) in [5.74, 6) is -1.06. The van der Waals surface area contributed by atoms with E-state index in [0.29, 0.717) is 25.8 Å². The van der Waals surface area contributed by atoms with Gasteiger partial charge in [0, 0.05) is 19.0 Å². The summed E-state index contributed by atoms with van der Waals surface area (Å²) in [5, 5.41) is 9.54. The molecule has 0 rings (SSSR count). The average Bonchev–Trinajstić information content (AvgIpc) is 2.49. The zero-order valence-electron chi connectivity index (χ0n) is 14.6. The molecule has 2 atom stereocenters. The van der Waals surface area contributed by atoms with E-state index in [2.05, 4.69) is 11.9 Å². The van der Waals surface area contributed by atoms with Crippen LogP contribution in [0.25, 0.3) is 0 Å². The lowest BCUT2D eigenvalue weighted by Gasteiger charge is -2.34. The minimum Gasteiger partial charge on any atom is -0.480 e. The second kappa shape index (κ2) is 11.7. The summed E-state index contributed by atoms with van der Waals surface area (Å²) < 4.78 is 0. The number of guanidine groups is 1. The molecule has 0 aromatic carbocycles. The van der Waals surface area contributed by atoms with Gasteiger partial charge in [0.05, 0.1) is 0 Å². The second-order valence-electron chi connectivity index (χ2n) is 5.82. The molecule has 0 saturated carbocycles. The molecular weight excluding hydrogens is 296 g/mol. The van der Waals surface area contributed by atoms with Crippen LogP contribution in [0, 0.1) is 0 Å². The number of hydrogen-bond acceptors (Lipinski definition) is 3. The summed E-state index contributed by atoms with van der Waals surface area (Å²) in [4.78, 5) is 29.5. The van der Waals surface area contributed by atoms with Crippen LogP contribution in [0.3, 0.4) is 0 Å². The van der Waals surface area contributed by atoms with Gasteiger partial charge < -0.3 is 21.5 Å². The monoisotopic (exact) mass is 328 g/mol. The molecule has 1 unspecified atom stereocenters. The van der Waals surface area contributed by atoms with E-state index in [-0.39, 0.29) is 17.9 Å². The lowest BCUT2D eigenvalue weighted by Crippen LogP contribution is -2.49. The lowest BCUT2D eigenvalue weighted by atomic mass is 10.0. The molecule has 1 amide bonds. The molecule has 0 spiro atoms. The summed E-state index contributed by atoms with van der Waals surface area (Å²) in [7, 11) is 0. The number of nitrogens with zero attached hydrogens (tertiary/aromatic N) is 2. The number of carboxylic acids is 1. The number of carbonyl (C=O) groups excluding carboxylic acids is 1. The number of carbonyl (C=O) groups is 2. The number of amides is 1. The zero-order chi connectivity index (χ0) is 17.8. The molecule has 0 saturated heterocycles. The van der Waals surface area contributed by atoms with Crippen LogP contribution >= 0.6 is 0 Å². The lowest BCUT2D eigenvalue weighted by molar-refractivity contribution is -0.152. The highest BCUT2D eigenvalue weighted by molar-refractivity contribution is 5.84. The van der Waals surface area contributed by atoms with Crippen molar-refractivity contribution in [1.29, 1.82) is 0 Å². The Labute approximate surface area is 139 Å². The quantitative estimate of drug-likeness (QED) is 0.286. The number of aliphatic imine (C=N–C) groups is 1. The van der Waals surface area contributed by atoms with Gasteiger partial charge in [0.25, 0.3) is 0 Å². The van der Waals surface area contributed by atoms with Crippen molar-refractivity contribution in [2.45, 2.75) is 77.8 Å². The highest BCUT2D eigenvalue weighted by Gasteiger charge is 2.31. The predicted octanol–water partition coefficient (Wildman–Crippen LogP) is 1.70. The van der Waals surface area contributed by atoms with Crippen molar-refractivity contribution < 1.29 is 14.7 Å². The molecule has 0 aromatic rings. The van der Waals surface area contributed by atoms with Gasteiger partial charge in [-0.15, -0.1) is 0 Å². The average molecular weight is 328 g/mol. The van der Waals surface area contributed by atoms with Crippen LogP contribution in [-0.4, -0.2) is 46.5 Å². The van der Waals surface area contributed by atoms with Crippen LogP contribution in [0.5, 0.6) is 0 Å². The van der Waals surface area contributed by atoms with Crippen molar-refractivity contribution in [1.82, 2.24) is 4.90 Å². The van der Waals surface area contributed by atoms with Gasteiger partial charge in [-0.25, -0.2) is 4.79 Å². The highest BCUT2D eigenvalue weighted by Crippen LogP contribution is 2.17. The van der Waals surface area contributed by atoms with Crippen molar-refractivity contribution in [2.24, 2.45) is 16.5 Å². The largest absolute Gasteiger partial charge is 0.480 e. The molecule has 7 nitrogen and oxygen atoms in total. The van der Waals surface area contributed by atoms with Gasteiger partial charge in [-0.05, 0) is 32.6 Å². The summed E-state index contributed by atoms with van der Waals surface area (Å²) in [5.41, 5.74) is 10.5. The van der Waals surface area contributed by atoms with E-state index in [1.54, 1.807) is 0 Å². The van der Waals surface area contributed by atoms with Crippen molar-refractivity contribution in [3.63, 3.8) is 0 Å². The summed E-state index contributed by atoms with van der Waals surface area (Å²) in [6.45, 7) is 6.28. The Morgan fingerprint density at radius 3 is 2.30 bits per heavy atom. The first-order valence-corrected chi connectivity index (χ1v) is 8.44. The smallest absolute Gasteiger partial charge is 0.326 e. The molecule has 0 aliphatic heterocycles. The van der Waals surface area contributed by atoms with E-state index in [0.717, 1.165) is 25.7 Å². The number of aliphatic carboxylic acids is 1. The fourth-order valence-electron chi connectivity index (χ4n) is 2.45. The van der Waals surface area contributed by atoms with E-state index in [9.17, 15) is 14.7 Å². The Hall–Kier alpha value is -1.79. The molecular formula is C16H32N4O3. The van der Waals surface area contributed by atoms with Gasteiger partial charge in [-0.1, -0.05) is 26.7 Å². The third-order valence-corrected chi connectivity index (χ3v) is 3.90. The van der Waals surface area contributed by atoms with E-state index >= 15 is 0 Å². The van der Waals surface area contributed by atoms with Gasteiger partial charge >= 0.3 is 5.97 Å². The van der Waals surface area contributed by atoms with Gasteiger partial charge in [0.15, 0.2) is 5.96 Å². The third kappa shape index (κ3) is 8.42. The fraction of sp³-hybridized carbons (Fsp3) is 0.812. The Morgan fingerprint density at radius 1 is 1.17 bits per heavy atom. The minimum absolute atomic E-state index is 0.00806. The SMILES string of the molecule is CCCCCC(=O)N(C(C)CC)[C@@H](CCCN=C(N)N)C(=O)O. The maximum atomic E-state index is 12.5. The molecule has 0 fully saturated rings. The van der Waals surface area contributed by atoms with Crippen LogP contribution in [0.4, 0.5) is 0 Å². The number of rotatable bonds is 12.